The van der Waals surface area contributed by atoms with E-state index in [2.05, 4.69) is 0 Å². The van der Waals surface area contributed by atoms with Crippen LogP contribution in [0.25, 0.3) is 0 Å². The highest BCUT2D eigenvalue weighted by atomic mass is 35.5. The number of nitrogens with zero attached hydrogens (tertiary/aromatic N) is 1. The lowest BCUT2D eigenvalue weighted by Crippen LogP contribution is -2.33. The first-order valence-corrected chi connectivity index (χ1v) is 5.79. The summed E-state index contributed by atoms with van der Waals surface area (Å²) < 4.78 is 26.7. The first-order valence-electron chi connectivity index (χ1n) is 5.26. The van der Waals surface area contributed by atoms with Gasteiger partial charge in [-0.25, -0.2) is 8.78 Å². The number of likely N-dealkylation sites (tertiary alicyclic amines) is 1. The fourth-order valence-electron chi connectivity index (χ4n) is 2.65. The minimum absolute atomic E-state index is 0.000671. The largest absolute Gasteiger partial charge is 0.342 e. The van der Waals surface area contributed by atoms with Gasteiger partial charge in [-0.15, -0.1) is 11.6 Å². The predicted molar refractivity (Wildman–Crippen MR) is 53.1 cm³/mol. The van der Waals surface area contributed by atoms with Crippen molar-refractivity contribution in [2.24, 2.45) is 11.8 Å². The molecule has 1 aliphatic heterocycles. The lowest BCUT2D eigenvalue weighted by molar-refractivity contribution is -0.130. The average Bonchev–Trinajstić information content (AvgIpc) is 2.68. The molecule has 0 aromatic heterocycles. The van der Waals surface area contributed by atoms with Crippen molar-refractivity contribution < 1.29 is 13.6 Å². The van der Waals surface area contributed by atoms with E-state index in [9.17, 15) is 13.6 Å². The van der Waals surface area contributed by atoms with Crippen molar-refractivity contribution in [2.75, 3.05) is 19.0 Å². The normalized spacial score (nSPS) is 33.1. The molecule has 15 heavy (non-hydrogen) atoms. The zero-order chi connectivity index (χ0) is 11.1. The molecular formula is C10H14ClF2NO. The van der Waals surface area contributed by atoms with Crippen LogP contribution in [0.4, 0.5) is 8.78 Å². The molecule has 1 saturated heterocycles. The van der Waals surface area contributed by atoms with Crippen molar-refractivity contribution in [3.05, 3.63) is 0 Å². The molecule has 1 amide bonds. The summed E-state index contributed by atoms with van der Waals surface area (Å²) >= 11 is 5.46. The van der Waals surface area contributed by atoms with Crippen LogP contribution >= 0.6 is 11.6 Å². The summed E-state index contributed by atoms with van der Waals surface area (Å²) in [6.07, 6.45) is 0.786. The highest BCUT2D eigenvalue weighted by Crippen LogP contribution is 2.48. The maximum absolute atomic E-state index is 13.4. The topological polar surface area (TPSA) is 20.3 Å². The molecule has 0 bridgehead atoms. The second-order valence-electron chi connectivity index (χ2n) is 4.40. The highest BCUT2D eigenvalue weighted by molar-refractivity contribution is 6.18. The maximum atomic E-state index is 13.4. The van der Waals surface area contributed by atoms with Gasteiger partial charge in [0.1, 0.15) is 0 Å². The van der Waals surface area contributed by atoms with Crippen LogP contribution in [-0.2, 0) is 4.79 Å². The zero-order valence-electron chi connectivity index (χ0n) is 8.39. The Morgan fingerprint density at radius 3 is 2.80 bits per heavy atom. The molecule has 0 spiro atoms. The minimum atomic E-state index is -2.57. The fraction of sp³-hybridized carbons (Fsp3) is 0.900. The van der Waals surface area contributed by atoms with Crippen LogP contribution in [0, 0.1) is 11.8 Å². The molecule has 5 heteroatoms. The van der Waals surface area contributed by atoms with Gasteiger partial charge in [-0.05, 0) is 12.3 Å². The van der Waals surface area contributed by atoms with Crippen LogP contribution in [0.2, 0.25) is 0 Å². The summed E-state index contributed by atoms with van der Waals surface area (Å²) in [5.41, 5.74) is 0. The first kappa shape index (κ1) is 11.1. The number of alkyl halides is 3. The molecule has 2 fully saturated rings. The van der Waals surface area contributed by atoms with E-state index in [0.717, 1.165) is 0 Å². The van der Waals surface area contributed by atoms with E-state index in [1.807, 2.05) is 0 Å². The molecule has 1 aliphatic carbocycles. The quantitative estimate of drug-likeness (QED) is 0.674. The van der Waals surface area contributed by atoms with Crippen molar-refractivity contribution in [1.29, 1.82) is 0 Å². The van der Waals surface area contributed by atoms with E-state index in [4.69, 9.17) is 11.6 Å². The van der Waals surface area contributed by atoms with Crippen molar-refractivity contribution in [2.45, 2.75) is 25.2 Å². The van der Waals surface area contributed by atoms with Gasteiger partial charge < -0.3 is 4.90 Å². The number of hydrogen-bond acceptors (Lipinski definition) is 1. The Labute approximate surface area is 92.6 Å². The van der Waals surface area contributed by atoms with Crippen LogP contribution in [0.1, 0.15) is 19.3 Å². The number of carbonyl (C=O) groups is 1. The standard InChI is InChI=1S/C10H14ClF2NO/c11-4-2-9(15)14-5-7-1-3-10(12,13)8(7)6-14/h7-8H,1-6H2/t7-,8-/m1/s1. The third-order valence-electron chi connectivity index (χ3n) is 3.49. The predicted octanol–water partition coefficient (Wildman–Crippen LogP) is 2.12. The zero-order valence-corrected chi connectivity index (χ0v) is 9.14. The lowest BCUT2D eigenvalue weighted by atomic mass is 9.99. The Balaban J connectivity index is 1.98. The summed E-state index contributed by atoms with van der Waals surface area (Å²) in [6, 6.07) is 0. The molecule has 2 nitrogen and oxygen atoms in total. The number of carbonyl (C=O) groups excluding carboxylic acids is 1. The van der Waals surface area contributed by atoms with Crippen molar-refractivity contribution in [1.82, 2.24) is 4.90 Å². The Morgan fingerprint density at radius 1 is 1.47 bits per heavy atom. The van der Waals surface area contributed by atoms with Gasteiger partial charge in [0.2, 0.25) is 5.91 Å². The van der Waals surface area contributed by atoms with Crippen molar-refractivity contribution in [3.63, 3.8) is 0 Å². The molecule has 0 N–H and O–H groups in total. The Morgan fingerprint density at radius 2 is 2.20 bits per heavy atom. The van der Waals surface area contributed by atoms with Gasteiger partial charge in [0, 0.05) is 37.7 Å². The Kier molecular flexibility index (Phi) is 2.88. The molecule has 2 aliphatic rings. The smallest absolute Gasteiger partial charge is 0.252 e. The summed E-state index contributed by atoms with van der Waals surface area (Å²) in [7, 11) is 0. The third-order valence-corrected chi connectivity index (χ3v) is 3.68. The van der Waals surface area contributed by atoms with Gasteiger partial charge >= 0.3 is 0 Å². The Hall–Kier alpha value is -0.380. The van der Waals surface area contributed by atoms with Gasteiger partial charge in [0.15, 0.2) is 0 Å². The van der Waals surface area contributed by atoms with E-state index in [0.29, 0.717) is 13.0 Å². The molecule has 2 rings (SSSR count). The summed E-state index contributed by atoms with van der Waals surface area (Å²) in [5, 5.41) is 0. The van der Waals surface area contributed by atoms with Crippen LogP contribution in [0.5, 0.6) is 0 Å². The number of halogens is 3. The lowest BCUT2D eigenvalue weighted by Gasteiger charge is -2.20. The van der Waals surface area contributed by atoms with Crippen LogP contribution in [0.3, 0.4) is 0 Å². The number of amides is 1. The van der Waals surface area contributed by atoms with E-state index in [-0.39, 0.29) is 37.1 Å². The van der Waals surface area contributed by atoms with Crippen LogP contribution < -0.4 is 0 Å². The van der Waals surface area contributed by atoms with E-state index < -0.39 is 11.8 Å². The van der Waals surface area contributed by atoms with Gasteiger partial charge in [-0.1, -0.05) is 0 Å². The number of fused-ring (bicyclic) bond motifs is 1. The molecule has 0 aromatic rings. The van der Waals surface area contributed by atoms with Crippen molar-refractivity contribution in [3.8, 4) is 0 Å². The number of rotatable bonds is 2. The molecule has 0 radical (unpaired) electrons. The highest BCUT2D eigenvalue weighted by Gasteiger charge is 2.54. The maximum Gasteiger partial charge on any atom is 0.252 e. The molecule has 1 heterocycles. The second-order valence-corrected chi connectivity index (χ2v) is 4.78. The second kappa shape index (κ2) is 3.89. The summed E-state index contributed by atoms with van der Waals surface area (Å²) in [6.45, 7) is 0.712. The monoisotopic (exact) mass is 237 g/mol. The Bertz CT molecular complexity index is 272. The third kappa shape index (κ3) is 1.96. The molecule has 0 unspecified atom stereocenters. The van der Waals surface area contributed by atoms with Gasteiger partial charge in [-0.2, -0.15) is 0 Å². The fourth-order valence-corrected chi connectivity index (χ4v) is 2.81. The summed E-state index contributed by atoms with van der Waals surface area (Å²) in [4.78, 5) is 13.0. The van der Waals surface area contributed by atoms with E-state index in [1.165, 1.54) is 0 Å². The van der Waals surface area contributed by atoms with Gasteiger partial charge in [-0.3, -0.25) is 4.79 Å². The van der Waals surface area contributed by atoms with Crippen LogP contribution in [-0.4, -0.2) is 35.7 Å². The number of hydrogen-bond donors (Lipinski definition) is 0. The molecule has 1 saturated carbocycles. The summed E-state index contributed by atoms with van der Waals surface area (Å²) in [5.74, 6) is -3.01. The van der Waals surface area contributed by atoms with Crippen LogP contribution in [0.15, 0.2) is 0 Å². The van der Waals surface area contributed by atoms with Gasteiger partial charge in [0.25, 0.3) is 5.92 Å². The molecule has 2 atom stereocenters. The van der Waals surface area contributed by atoms with E-state index >= 15 is 0 Å². The molecule has 86 valence electrons. The van der Waals surface area contributed by atoms with Gasteiger partial charge in [0.05, 0.1) is 0 Å². The minimum Gasteiger partial charge on any atom is -0.342 e. The molecular weight excluding hydrogens is 224 g/mol. The SMILES string of the molecule is O=C(CCCl)N1C[C@H]2CCC(F)(F)[C@@H]2C1. The molecule has 0 aromatic carbocycles. The first-order chi connectivity index (χ1) is 7.04. The van der Waals surface area contributed by atoms with Crippen molar-refractivity contribution >= 4 is 17.5 Å². The van der Waals surface area contributed by atoms with E-state index in [1.54, 1.807) is 4.90 Å². The average molecular weight is 238 g/mol.